The van der Waals surface area contributed by atoms with Gasteiger partial charge >= 0.3 is 0 Å². The lowest BCUT2D eigenvalue weighted by atomic mass is 9.63. The first-order chi connectivity index (χ1) is 14.1. The van der Waals surface area contributed by atoms with Gasteiger partial charge in [0.15, 0.2) is 0 Å². The summed E-state index contributed by atoms with van der Waals surface area (Å²) in [5, 5.41) is 0. The molecule has 5 rings (SSSR count). The monoisotopic (exact) mass is 381 g/mol. The molecule has 1 amide bonds. The first-order valence-corrected chi connectivity index (χ1v) is 10.6. The van der Waals surface area contributed by atoms with Crippen LogP contribution in [0.4, 0.5) is 0 Å². The number of nitrogens with zero attached hydrogens (tertiary/aromatic N) is 1. The molecule has 1 aliphatic heterocycles. The molecule has 2 aliphatic rings. The Hall–Kier alpha value is -2.87. The molecular weight excluding hydrogens is 354 g/mol. The summed E-state index contributed by atoms with van der Waals surface area (Å²) in [6.07, 6.45) is 3.72. The molecule has 0 aromatic heterocycles. The van der Waals surface area contributed by atoms with Gasteiger partial charge in [0.2, 0.25) is 5.91 Å². The summed E-state index contributed by atoms with van der Waals surface area (Å²) < 4.78 is 0. The van der Waals surface area contributed by atoms with E-state index in [-0.39, 0.29) is 5.41 Å². The number of likely N-dealkylation sites (tertiary alicyclic amines) is 1. The largest absolute Gasteiger partial charge is 0.342 e. The minimum absolute atomic E-state index is 0.0753. The Kier molecular flexibility index (Phi) is 4.31. The molecule has 0 saturated carbocycles. The highest BCUT2D eigenvalue weighted by Gasteiger charge is 2.46. The summed E-state index contributed by atoms with van der Waals surface area (Å²) in [5.74, 6) is 0.297. The third-order valence-corrected chi connectivity index (χ3v) is 7.19. The van der Waals surface area contributed by atoms with Gasteiger partial charge in [0.05, 0.1) is 0 Å². The van der Waals surface area contributed by atoms with Crippen molar-refractivity contribution in [3.05, 3.63) is 83.9 Å². The van der Waals surface area contributed by atoms with E-state index in [2.05, 4.69) is 79.7 Å². The number of amides is 1. The molecule has 2 nitrogen and oxygen atoms in total. The van der Waals surface area contributed by atoms with Gasteiger partial charge in [-0.2, -0.15) is 0 Å². The van der Waals surface area contributed by atoms with Gasteiger partial charge in [0.25, 0.3) is 0 Å². The van der Waals surface area contributed by atoms with Crippen molar-refractivity contribution >= 4 is 5.91 Å². The van der Waals surface area contributed by atoms with Crippen molar-refractivity contribution in [2.45, 2.75) is 44.1 Å². The van der Waals surface area contributed by atoms with Crippen molar-refractivity contribution in [2.75, 3.05) is 7.05 Å². The van der Waals surface area contributed by atoms with Gasteiger partial charge in [0.1, 0.15) is 0 Å². The van der Waals surface area contributed by atoms with Crippen molar-refractivity contribution in [1.29, 1.82) is 0 Å². The van der Waals surface area contributed by atoms with E-state index in [9.17, 15) is 4.79 Å². The van der Waals surface area contributed by atoms with Gasteiger partial charge in [-0.1, -0.05) is 79.7 Å². The van der Waals surface area contributed by atoms with Crippen LogP contribution in [0.2, 0.25) is 0 Å². The van der Waals surface area contributed by atoms with E-state index in [1.165, 1.54) is 33.4 Å². The van der Waals surface area contributed by atoms with E-state index in [1.807, 2.05) is 11.9 Å². The molecule has 2 heteroatoms. The molecule has 3 aromatic rings. The van der Waals surface area contributed by atoms with Gasteiger partial charge in [-0.05, 0) is 52.6 Å². The van der Waals surface area contributed by atoms with Crippen molar-refractivity contribution < 1.29 is 4.79 Å². The zero-order chi connectivity index (χ0) is 20.0. The zero-order valence-electron chi connectivity index (χ0n) is 17.2. The Balaban J connectivity index is 1.47. The number of hydrogen-bond donors (Lipinski definition) is 0. The molecule has 0 bridgehead atoms. The molecule has 2 atom stereocenters. The van der Waals surface area contributed by atoms with Crippen molar-refractivity contribution in [2.24, 2.45) is 0 Å². The number of piperidine rings is 1. The number of benzene rings is 3. The number of likely N-dealkylation sites (N-methyl/N-ethyl adjacent to an activating group) is 1. The molecule has 1 unspecified atom stereocenters. The quantitative estimate of drug-likeness (QED) is 0.546. The predicted octanol–water partition coefficient (Wildman–Crippen LogP) is 5.85. The highest BCUT2D eigenvalue weighted by molar-refractivity contribution is 5.78. The summed E-state index contributed by atoms with van der Waals surface area (Å²) in [6.45, 7) is 2.35. The maximum atomic E-state index is 12.2. The van der Waals surface area contributed by atoms with Crippen molar-refractivity contribution in [1.82, 2.24) is 4.90 Å². The van der Waals surface area contributed by atoms with Crippen LogP contribution in [0.3, 0.4) is 0 Å². The topological polar surface area (TPSA) is 20.3 Å². The SMILES string of the molecule is CN1C(=O)CC[C@]2(C)c3ccc(-c4ccc(-c5ccccc5)cc4)cc3CCC12. The van der Waals surface area contributed by atoms with Crippen LogP contribution in [0.15, 0.2) is 72.8 Å². The van der Waals surface area contributed by atoms with Crippen molar-refractivity contribution in [3.63, 3.8) is 0 Å². The normalized spacial score (nSPS) is 23.4. The fourth-order valence-corrected chi connectivity index (χ4v) is 5.45. The average molecular weight is 382 g/mol. The number of aryl methyl sites for hydroxylation is 1. The van der Waals surface area contributed by atoms with Gasteiger partial charge in [0, 0.05) is 24.9 Å². The van der Waals surface area contributed by atoms with E-state index in [0.29, 0.717) is 18.4 Å². The number of rotatable bonds is 2. The fourth-order valence-electron chi connectivity index (χ4n) is 5.45. The maximum absolute atomic E-state index is 12.2. The van der Waals surface area contributed by atoms with Crippen LogP contribution in [-0.2, 0) is 16.6 Å². The van der Waals surface area contributed by atoms with Crippen LogP contribution in [0.5, 0.6) is 0 Å². The van der Waals surface area contributed by atoms with Crippen LogP contribution in [-0.4, -0.2) is 23.9 Å². The van der Waals surface area contributed by atoms with Crippen molar-refractivity contribution in [3.8, 4) is 22.3 Å². The number of hydrogen-bond acceptors (Lipinski definition) is 1. The van der Waals surface area contributed by atoms with Crippen LogP contribution < -0.4 is 0 Å². The Labute approximate surface area is 173 Å². The van der Waals surface area contributed by atoms with E-state index >= 15 is 0 Å². The summed E-state index contributed by atoms with van der Waals surface area (Å²) >= 11 is 0. The molecule has 1 aliphatic carbocycles. The highest BCUT2D eigenvalue weighted by atomic mass is 16.2. The summed E-state index contributed by atoms with van der Waals surface area (Å²) in [7, 11) is 1.98. The van der Waals surface area contributed by atoms with Gasteiger partial charge in [-0.25, -0.2) is 0 Å². The van der Waals surface area contributed by atoms with Crippen LogP contribution in [0, 0.1) is 0 Å². The smallest absolute Gasteiger partial charge is 0.222 e. The highest BCUT2D eigenvalue weighted by Crippen LogP contribution is 2.46. The van der Waals surface area contributed by atoms with Gasteiger partial charge < -0.3 is 4.90 Å². The van der Waals surface area contributed by atoms with Gasteiger partial charge in [-0.3, -0.25) is 4.79 Å². The second kappa shape index (κ2) is 6.88. The van der Waals surface area contributed by atoms with E-state index in [0.717, 1.165) is 19.3 Å². The Morgan fingerprint density at radius 2 is 1.45 bits per heavy atom. The Morgan fingerprint density at radius 1 is 0.828 bits per heavy atom. The first-order valence-electron chi connectivity index (χ1n) is 10.6. The average Bonchev–Trinajstić information content (AvgIpc) is 2.77. The molecule has 0 N–H and O–H groups in total. The molecule has 29 heavy (non-hydrogen) atoms. The number of fused-ring (bicyclic) bond motifs is 3. The molecular formula is C27H27NO. The predicted molar refractivity (Wildman–Crippen MR) is 119 cm³/mol. The molecule has 3 aromatic carbocycles. The minimum Gasteiger partial charge on any atom is -0.342 e. The second-order valence-electron chi connectivity index (χ2n) is 8.79. The first kappa shape index (κ1) is 18.2. The standard InChI is InChI=1S/C27H27NO/c1-27-17-16-26(29)28(2)25(27)15-13-23-18-22(12-14-24(23)27)21-10-8-20(9-11-21)19-6-4-3-5-7-19/h3-12,14,18,25H,13,15-17H2,1-2H3/t25?,27-/m1/s1. The lowest BCUT2D eigenvalue weighted by Gasteiger charge is -2.50. The summed E-state index contributed by atoms with van der Waals surface area (Å²) in [5.41, 5.74) is 8.01. The number of carbonyl (C=O) groups is 1. The number of carbonyl (C=O) groups excluding carboxylic acids is 1. The lowest BCUT2D eigenvalue weighted by Crippen LogP contribution is -2.56. The molecule has 1 fully saturated rings. The van der Waals surface area contributed by atoms with Gasteiger partial charge in [-0.15, -0.1) is 0 Å². The minimum atomic E-state index is 0.0753. The molecule has 146 valence electrons. The lowest BCUT2D eigenvalue weighted by molar-refractivity contribution is -0.138. The Bertz CT molecular complexity index is 1050. The maximum Gasteiger partial charge on any atom is 0.222 e. The summed E-state index contributed by atoms with van der Waals surface area (Å²) in [6, 6.07) is 26.7. The summed E-state index contributed by atoms with van der Waals surface area (Å²) in [4.78, 5) is 14.2. The molecule has 1 saturated heterocycles. The van der Waals surface area contributed by atoms with Crippen LogP contribution in [0.1, 0.15) is 37.3 Å². The molecule has 0 spiro atoms. The third kappa shape index (κ3) is 2.98. The van der Waals surface area contributed by atoms with E-state index < -0.39 is 0 Å². The zero-order valence-corrected chi connectivity index (χ0v) is 17.2. The second-order valence-corrected chi connectivity index (χ2v) is 8.79. The van der Waals surface area contributed by atoms with Crippen LogP contribution >= 0.6 is 0 Å². The van der Waals surface area contributed by atoms with E-state index in [1.54, 1.807) is 0 Å². The molecule has 0 radical (unpaired) electrons. The van der Waals surface area contributed by atoms with Crippen LogP contribution in [0.25, 0.3) is 22.3 Å². The van der Waals surface area contributed by atoms with E-state index in [4.69, 9.17) is 0 Å². The fraction of sp³-hybridized carbons (Fsp3) is 0.296. The third-order valence-electron chi connectivity index (χ3n) is 7.19. The Morgan fingerprint density at radius 3 is 2.17 bits per heavy atom. The molecule has 1 heterocycles.